The minimum Gasteiger partial charge on any atom is -0.336 e. The number of rotatable bonds is 2. The van der Waals surface area contributed by atoms with E-state index in [1.807, 2.05) is 18.2 Å². The summed E-state index contributed by atoms with van der Waals surface area (Å²) in [7, 11) is 0. The van der Waals surface area contributed by atoms with Gasteiger partial charge in [-0.15, -0.1) is 12.6 Å². The molecule has 1 heterocycles. The SMILES string of the molecule is CCC1CCCCCN1C(=O)c1ccc(Br)cc1S. The second-order valence-electron chi connectivity index (χ2n) is 5.07. The first kappa shape index (κ1) is 14.9. The number of carbonyl (C=O) groups is 1. The maximum atomic E-state index is 12.7. The summed E-state index contributed by atoms with van der Waals surface area (Å²) in [6, 6.07) is 6.04. The molecule has 104 valence electrons. The third kappa shape index (κ3) is 3.54. The number of hydrogen-bond acceptors (Lipinski definition) is 2. The van der Waals surface area contributed by atoms with E-state index >= 15 is 0 Å². The molecular weight excluding hydrogens is 322 g/mol. The van der Waals surface area contributed by atoms with Crippen LogP contribution in [0.5, 0.6) is 0 Å². The Balaban J connectivity index is 2.25. The molecule has 1 fully saturated rings. The Morgan fingerprint density at radius 1 is 1.42 bits per heavy atom. The predicted octanol–water partition coefficient (Wildman–Crippen LogP) is 4.53. The molecule has 1 aromatic carbocycles. The third-order valence-corrected chi connectivity index (χ3v) is 4.66. The van der Waals surface area contributed by atoms with E-state index in [1.54, 1.807) is 0 Å². The first-order valence-corrected chi connectivity index (χ1v) is 8.17. The van der Waals surface area contributed by atoms with Crippen molar-refractivity contribution in [3.63, 3.8) is 0 Å². The second-order valence-corrected chi connectivity index (χ2v) is 6.47. The van der Waals surface area contributed by atoms with Crippen molar-refractivity contribution in [2.45, 2.75) is 50.0 Å². The summed E-state index contributed by atoms with van der Waals surface area (Å²) in [4.78, 5) is 15.5. The standard InChI is InChI=1S/C15H20BrNOS/c1-2-12-6-4-3-5-9-17(12)15(18)13-8-7-11(16)10-14(13)19/h7-8,10,12,19H,2-6,9H2,1H3. The number of nitrogens with zero attached hydrogens (tertiary/aromatic N) is 1. The van der Waals surface area contributed by atoms with Crippen LogP contribution in [0.3, 0.4) is 0 Å². The monoisotopic (exact) mass is 341 g/mol. The lowest BCUT2D eigenvalue weighted by atomic mass is 10.1. The van der Waals surface area contributed by atoms with E-state index in [1.165, 1.54) is 12.8 Å². The predicted molar refractivity (Wildman–Crippen MR) is 85.0 cm³/mol. The fraction of sp³-hybridized carbons (Fsp3) is 0.533. The summed E-state index contributed by atoms with van der Waals surface area (Å²) >= 11 is 7.84. The number of thiol groups is 1. The van der Waals surface area contributed by atoms with Gasteiger partial charge in [-0.25, -0.2) is 0 Å². The quantitative estimate of drug-likeness (QED) is 0.783. The molecular formula is C15H20BrNOS. The molecule has 1 saturated heterocycles. The number of amides is 1. The van der Waals surface area contributed by atoms with Gasteiger partial charge in [0.2, 0.25) is 0 Å². The summed E-state index contributed by atoms with van der Waals surface area (Å²) in [5.41, 5.74) is 0.715. The lowest BCUT2D eigenvalue weighted by molar-refractivity contribution is 0.0674. The van der Waals surface area contributed by atoms with E-state index in [4.69, 9.17) is 0 Å². The van der Waals surface area contributed by atoms with Crippen LogP contribution in [0.4, 0.5) is 0 Å². The number of benzene rings is 1. The lowest BCUT2D eigenvalue weighted by Gasteiger charge is -2.29. The highest BCUT2D eigenvalue weighted by Crippen LogP contribution is 2.25. The molecule has 1 atom stereocenters. The van der Waals surface area contributed by atoms with Gasteiger partial charge in [0.15, 0.2) is 0 Å². The van der Waals surface area contributed by atoms with Crippen LogP contribution < -0.4 is 0 Å². The first-order chi connectivity index (χ1) is 9.13. The molecule has 1 unspecified atom stereocenters. The van der Waals surface area contributed by atoms with Crippen molar-refractivity contribution in [1.29, 1.82) is 0 Å². The summed E-state index contributed by atoms with van der Waals surface area (Å²) < 4.78 is 0.956. The van der Waals surface area contributed by atoms with Gasteiger partial charge < -0.3 is 4.90 Å². The molecule has 1 amide bonds. The molecule has 0 spiro atoms. The van der Waals surface area contributed by atoms with Gasteiger partial charge in [-0.3, -0.25) is 4.79 Å². The van der Waals surface area contributed by atoms with E-state index in [0.717, 1.165) is 35.2 Å². The highest BCUT2D eigenvalue weighted by atomic mass is 79.9. The van der Waals surface area contributed by atoms with Gasteiger partial charge in [-0.1, -0.05) is 35.7 Å². The molecule has 19 heavy (non-hydrogen) atoms. The number of carbonyl (C=O) groups excluding carboxylic acids is 1. The molecule has 2 rings (SSSR count). The smallest absolute Gasteiger partial charge is 0.255 e. The lowest BCUT2D eigenvalue weighted by Crippen LogP contribution is -2.39. The molecule has 0 aromatic heterocycles. The highest BCUT2D eigenvalue weighted by molar-refractivity contribution is 9.10. The Morgan fingerprint density at radius 3 is 2.89 bits per heavy atom. The summed E-state index contributed by atoms with van der Waals surface area (Å²) in [5, 5.41) is 0. The largest absolute Gasteiger partial charge is 0.336 e. The van der Waals surface area contributed by atoms with Crippen LogP contribution in [-0.2, 0) is 0 Å². The van der Waals surface area contributed by atoms with Crippen molar-refractivity contribution in [1.82, 2.24) is 4.90 Å². The summed E-state index contributed by atoms with van der Waals surface area (Å²) in [6.07, 6.45) is 5.73. The fourth-order valence-corrected chi connectivity index (χ4v) is 3.56. The van der Waals surface area contributed by atoms with Crippen LogP contribution >= 0.6 is 28.6 Å². The van der Waals surface area contributed by atoms with E-state index in [0.29, 0.717) is 11.6 Å². The molecule has 1 aromatic rings. The van der Waals surface area contributed by atoms with Gasteiger partial charge in [-0.05, 0) is 37.5 Å². The molecule has 1 aliphatic rings. The molecule has 0 bridgehead atoms. The van der Waals surface area contributed by atoms with E-state index in [-0.39, 0.29) is 5.91 Å². The first-order valence-electron chi connectivity index (χ1n) is 6.93. The maximum Gasteiger partial charge on any atom is 0.255 e. The van der Waals surface area contributed by atoms with Gasteiger partial charge in [0.25, 0.3) is 5.91 Å². The Bertz CT molecular complexity index is 463. The van der Waals surface area contributed by atoms with Crippen molar-refractivity contribution in [3.05, 3.63) is 28.2 Å². The maximum absolute atomic E-state index is 12.7. The average Bonchev–Trinajstić information content (AvgIpc) is 2.63. The Labute approximate surface area is 129 Å². The topological polar surface area (TPSA) is 20.3 Å². The average molecular weight is 342 g/mol. The molecule has 0 N–H and O–H groups in total. The molecule has 4 heteroatoms. The molecule has 1 aliphatic heterocycles. The van der Waals surface area contributed by atoms with Gasteiger partial charge in [-0.2, -0.15) is 0 Å². The Morgan fingerprint density at radius 2 is 2.21 bits per heavy atom. The molecule has 2 nitrogen and oxygen atoms in total. The zero-order valence-electron chi connectivity index (χ0n) is 11.2. The normalized spacial score (nSPS) is 20.2. The van der Waals surface area contributed by atoms with Crippen LogP contribution in [0.25, 0.3) is 0 Å². The zero-order valence-corrected chi connectivity index (χ0v) is 13.7. The molecule has 0 saturated carbocycles. The van der Waals surface area contributed by atoms with Crippen LogP contribution in [0.1, 0.15) is 49.4 Å². The summed E-state index contributed by atoms with van der Waals surface area (Å²) in [6.45, 7) is 3.04. The van der Waals surface area contributed by atoms with E-state index < -0.39 is 0 Å². The number of hydrogen-bond donors (Lipinski definition) is 1. The fourth-order valence-electron chi connectivity index (χ4n) is 2.71. The van der Waals surface area contributed by atoms with Crippen LogP contribution in [0, 0.1) is 0 Å². The molecule has 0 aliphatic carbocycles. The van der Waals surface area contributed by atoms with Gasteiger partial charge in [0, 0.05) is 22.0 Å². The number of halogens is 1. The van der Waals surface area contributed by atoms with Gasteiger partial charge >= 0.3 is 0 Å². The molecule has 0 radical (unpaired) electrons. The van der Waals surface area contributed by atoms with Crippen LogP contribution in [0.2, 0.25) is 0 Å². The van der Waals surface area contributed by atoms with Gasteiger partial charge in [0.1, 0.15) is 0 Å². The van der Waals surface area contributed by atoms with Crippen molar-refractivity contribution in [2.75, 3.05) is 6.54 Å². The Hall–Kier alpha value is -0.480. The van der Waals surface area contributed by atoms with Crippen molar-refractivity contribution in [3.8, 4) is 0 Å². The van der Waals surface area contributed by atoms with Crippen LogP contribution in [-0.4, -0.2) is 23.4 Å². The van der Waals surface area contributed by atoms with Crippen LogP contribution in [0.15, 0.2) is 27.6 Å². The van der Waals surface area contributed by atoms with Gasteiger partial charge in [0.05, 0.1) is 5.56 Å². The van der Waals surface area contributed by atoms with E-state index in [2.05, 4.69) is 40.4 Å². The van der Waals surface area contributed by atoms with E-state index in [9.17, 15) is 4.79 Å². The Kier molecular flexibility index (Phi) is 5.34. The highest BCUT2D eigenvalue weighted by Gasteiger charge is 2.25. The zero-order chi connectivity index (χ0) is 13.8. The van der Waals surface area contributed by atoms with Crippen molar-refractivity contribution in [2.24, 2.45) is 0 Å². The second kappa shape index (κ2) is 6.80. The number of likely N-dealkylation sites (tertiary alicyclic amines) is 1. The van der Waals surface area contributed by atoms with Crippen molar-refractivity contribution >= 4 is 34.5 Å². The van der Waals surface area contributed by atoms with Crippen molar-refractivity contribution < 1.29 is 4.79 Å². The summed E-state index contributed by atoms with van der Waals surface area (Å²) in [5.74, 6) is 0.131. The third-order valence-electron chi connectivity index (χ3n) is 3.80. The minimum atomic E-state index is 0.131. The minimum absolute atomic E-state index is 0.131.